The molecule has 0 saturated heterocycles. The van der Waals surface area contributed by atoms with E-state index >= 15 is 0 Å². The van der Waals surface area contributed by atoms with Gasteiger partial charge >= 0.3 is 0 Å². The molecule has 2 nitrogen and oxygen atoms in total. The van der Waals surface area contributed by atoms with Gasteiger partial charge in [-0.3, -0.25) is 0 Å². The SMILES string of the molecule is CNC(CSc1nc(C)cs1)c1c(C)cc(C)cc1C. The fourth-order valence-corrected chi connectivity index (χ4v) is 4.60. The standard InChI is InChI=1S/C16H22N2S2/c1-10-6-11(2)15(12(3)7-10)14(17-5)9-20-16-18-13(4)8-19-16/h6-8,14,17H,9H2,1-5H3. The minimum absolute atomic E-state index is 0.366. The highest BCUT2D eigenvalue weighted by atomic mass is 32.2. The van der Waals surface area contributed by atoms with E-state index < -0.39 is 0 Å². The van der Waals surface area contributed by atoms with Crippen LogP contribution in [0, 0.1) is 27.7 Å². The summed E-state index contributed by atoms with van der Waals surface area (Å²) in [6, 6.07) is 4.90. The van der Waals surface area contributed by atoms with Crippen LogP contribution in [-0.2, 0) is 0 Å². The maximum Gasteiger partial charge on any atom is 0.150 e. The Balaban J connectivity index is 2.16. The quantitative estimate of drug-likeness (QED) is 0.827. The number of aryl methyl sites for hydroxylation is 4. The van der Waals surface area contributed by atoms with Crippen molar-refractivity contribution in [3.05, 3.63) is 45.5 Å². The van der Waals surface area contributed by atoms with E-state index in [0.717, 1.165) is 15.8 Å². The molecule has 0 bridgehead atoms. The topological polar surface area (TPSA) is 24.9 Å². The van der Waals surface area contributed by atoms with E-state index in [-0.39, 0.29) is 0 Å². The number of aromatic nitrogens is 1. The van der Waals surface area contributed by atoms with Crippen LogP contribution in [0.4, 0.5) is 0 Å². The number of benzene rings is 1. The number of nitrogens with one attached hydrogen (secondary N) is 1. The first-order valence-electron chi connectivity index (χ1n) is 6.81. The van der Waals surface area contributed by atoms with Gasteiger partial charge in [0.1, 0.15) is 4.34 Å². The summed E-state index contributed by atoms with van der Waals surface area (Å²) in [5, 5.41) is 5.56. The molecule has 1 unspecified atom stereocenters. The minimum Gasteiger partial charge on any atom is -0.312 e. The maximum atomic E-state index is 4.52. The van der Waals surface area contributed by atoms with Gasteiger partial charge in [0.05, 0.1) is 0 Å². The smallest absolute Gasteiger partial charge is 0.150 e. The highest BCUT2D eigenvalue weighted by Crippen LogP contribution is 2.30. The molecular weight excluding hydrogens is 284 g/mol. The number of thioether (sulfide) groups is 1. The molecule has 108 valence electrons. The first-order chi connectivity index (χ1) is 9.51. The zero-order chi connectivity index (χ0) is 14.7. The van der Waals surface area contributed by atoms with Gasteiger partial charge in [-0.15, -0.1) is 11.3 Å². The zero-order valence-electron chi connectivity index (χ0n) is 12.8. The molecule has 1 heterocycles. The van der Waals surface area contributed by atoms with E-state index in [1.165, 1.54) is 22.3 Å². The summed E-state index contributed by atoms with van der Waals surface area (Å²) in [7, 11) is 2.04. The van der Waals surface area contributed by atoms with E-state index in [9.17, 15) is 0 Å². The van der Waals surface area contributed by atoms with Crippen molar-refractivity contribution in [1.29, 1.82) is 0 Å². The van der Waals surface area contributed by atoms with Gasteiger partial charge in [0.15, 0.2) is 0 Å². The average Bonchev–Trinajstić information content (AvgIpc) is 2.78. The van der Waals surface area contributed by atoms with Gasteiger partial charge < -0.3 is 5.32 Å². The Morgan fingerprint density at radius 3 is 2.35 bits per heavy atom. The molecule has 4 heteroatoms. The molecule has 20 heavy (non-hydrogen) atoms. The van der Waals surface area contributed by atoms with Crippen molar-refractivity contribution in [2.24, 2.45) is 0 Å². The molecule has 0 aliphatic carbocycles. The van der Waals surface area contributed by atoms with E-state index in [4.69, 9.17) is 0 Å². The largest absolute Gasteiger partial charge is 0.312 e. The van der Waals surface area contributed by atoms with Crippen molar-refractivity contribution in [2.75, 3.05) is 12.8 Å². The van der Waals surface area contributed by atoms with Gasteiger partial charge in [0.25, 0.3) is 0 Å². The molecule has 1 aromatic carbocycles. The summed E-state index contributed by atoms with van der Waals surface area (Å²) in [5.41, 5.74) is 6.62. The molecule has 1 N–H and O–H groups in total. The third-order valence-corrected chi connectivity index (χ3v) is 5.64. The Labute approximate surface area is 130 Å². The molecule has 1 atom stereocenters. The summed E-state index contributed by atoms with van der Waals surface area (Å²) < 4.78 is 1.16. The van der Waals surface area contributed by atoms with Crippen LogP contribution in [0.25, 0.3) is 0 Å². The van der Waals surface area contributed by atoms with Crippen LogP contribution >= 0.6 is 23.1 Å². The van der Waals surface area contributed by atoms with Crippen LogP contribution in [0.2, 0.25) is 0 Å². The predicted octanol–water partition coefficient (Wildman–Crippen LogP) is 4.43. The fourth-order valence-electron chi connectivity index (χ4n) is 2.61. The molecule has 0 saturated carbocycles. The lowest BCUT2D eigenvalue weighted by molar-refractivity contribution is 0.653. The average molecular weight is 307 g/mol. The summed E-state index contributed by atoms with van der Waals surface area (Å²) >= 11 is 3.57. The summed E-state index contributed by atoms with van der Waals surface area (Å²) in [4.78, 5) is 4.52. The molecule has 0 spiro atoms. The highest BCUT2D eigenvalue weighted by Gasteiger charge is 2.16. The zero-order valence-corrected chi connectivity index (χ0v) is 14.4. The van der Waals surface area contributed by atoms with Crippen molar-refractivity contribution in [1.82, 2.24) is 10.3 Å². The Hall–Kier alpha value is -0.840. The lowest BCUT2D eigenvalue weighted by atomic mass is 9.95. The molecule has 0 radical (unpaired) electrons. The van der Waals surface area contributed by atoms with Crippen LogP contribution in [-0.4, -0.2) is 17.8 Å². The van der Waals surface area contributed by atoms with Crippen molar-refractivity contribution in [3.8, 4) is 0 Å². The van der Waals surface area contributed by atoms with Gasteiger partial charge in [0, 0.05) is 22.9 Å². The lowest BCUT2D eigenvalue weighted by Crippen LogP contribution is -2.21. The van der Waals surface area contributed by atoms with E-state index in [1.807, 2.05) is 25.7 Å². The van der Waals surface area contributed by atoms with Gasteiger partial charge in [0.2, 0.25) is 0 Å². The lowest BCUT2D eigenvalue weighted by Gasteiger charge is -2.21. The molecule has 0 aliphatic heterocycles. The third-order valence-electron chi connectivity index (χ3n) is 3.41. The van der Waals surface area contributed by atoms with Crippen molar-refractivity contribution in [2.45, 2.75) is 38.1 Å². The first-order valence-corrected chi connectivity index (χ1v) is 8.67. The summed E-state index contributed by atoms with van der Waals surface area (Å²) in [6.07, 6.45) is 0. The van der Waals surface area contributed by atoms with Crippen LogP contribution < -0.4 is 5.32 Å². The molecular formula is C16H22N2S2. The normalized spacial score (nSPS) is 12.7. The highest BCUT2D eigenvalue weighted by molar-refractivity contribution is 8.01. The Morgan fingerprint density at radius 2 is 1.85 bits per heavy atom. The third kappa shape index (κ3) is 3.62. The van der Waals surface area contributed by atoms with Gasteiger partial charge in [-0.2, -0.15) is 0 Å². The number of rotatable bonds is 5. The van der Waals surface area contributed by atoms with Crippen LogP contribution in [0.15, 0.2) is 21.9 Å². The Bertz CT molecular complexity index is 567. The Morgan fingerprint density at radius 1 is 1.20 bits per heavy atom. The molecule has 1 aromatic heterocycles. The van der Waals surface area contributed by atoms with E-state index in [2.05, 4.69) is 48.6 Å². The van der Waals surface area contributed by atoms with Crippen molar-refractivity contribution < 1.29 is 0 Å². The second kappa shape index (κ2) is 6.74. The number of hydrogen-bond acceptors (Lipinski definition) is 4. The van der Waals surface area contributed by atoms with Gasteiger partial charge in [-0.25, -0.2) is 4.98 Å². The number of thiazole rings is 1. The molecule has 0 aliphatic rings. The minimum atomic E-state index is 0.366. The van der Waals surface area contributed by atoms with Crippen LogP contribution in [0.3, 0.4) is 0 Å². The van der Waals surface area contributed by atoms with Crippen LogP contribution in [0.5, 0.6) is 0 Å². The second-order valence-corrected chi connectivity index (χ2v) is 7.34. The van der Waals surface area contributed by atoms with Crippen LogP contribution in [0.1, 0.15) is 34.0 Å². The first kappa shape index (κ1) is 15.5. The molecule has 0 fully saturated rings. The Kier molecular flexibility index (Phi) is 5.24. The fraction of sp³-hybridized carbons (Fsp3) is 0.438. The monoisotopic (exact) mass is 306 g/mol. The van der Waals surface area contributed by atoms with Gasteiger partial charge in [-0.1, -0.05) is 29.5 Å². The number of hydrogen-bond donors (Lipinski definition) is 1. The predicted molar refractivity (Wildman–Crippen MR) is 90.0 cm³/mol. The molecule has 2 rings (SSSR count). The maximum absolute atomic E-state index is 4.52. The van der Waals surface area contributed by atoms with E-state index in [0.29, 0.717) is 6.04 Å². The second-order valence-electron chi connectivity index (χ2n) is 5.22. The molecule has 0 amide bonds. The van der Waals surface area contributed by atoms with E-state index in [1.54, 1.807) is 11.3 Å². The van der Waals surface area contributed by atoms with Gasteiger partial charge in [-0.05, 0) is 51.4 Å². The molecule has 2 aromatic rings. The summed E-state index contributed by atoms with van der Waals surface area (Å²) in [5.74, 6) is 1.01. The van der Waals surface area contributed by atoms with Crippen molar-refractivity contribution in [3.63, 3.8) is 0 Å². The van der Waals surface area contributed by atoms with Crippen molar-refractivity contribution >= 4 is 23.1 Å². The summed E-state index contributed by atoms with van der Waals surface area (Å²) in [6.45, 7) is 8.62. The number of nitrogens with zero attached hydrogens (tertiary/aromatic N) is 1.